The van der Waals surface area contributed by atoms with E-state index in [2.05, 4.69) is 15.0 Å². The molecule has 0 radical (unpaired) electrons. The van der Waals surface area contributed by atoms with Crippen molar-refractivity contribution in [1.82, 2.24) is 9.88 Å². The number of aliphatic hydroxyl groups excluding tert-OH is 2. The predicted molar refractivity (Wildman–Crippen MR) is 117 cm³/mol. The fraction of sp³-hybridized carbons (Fsp3) is 0.333. The molecule has 1 aliphatic rings. The zero-order chi connectivity index (χ0) is 24.2. The van der Waals surface area contributed by atoms with Crippen molar-refractivity contribution in [2.75, 3.05) is 25.0 Å². The van der Waals surface area contributed by atoms with Crippen LogP contribution in [0.15, 0.2) is 36.5 Å². The fourth-order valence-corrected chi connectivity index (χ4v) is 3.75. The van der Waals surface area contributed by atoms with E-state index < -0.39 is 24.2 Å². The standard InChI is InChI=1S/C21H20Cl2F3N3O4/c22-16-9-14(1-2-18(16)33-21(24,25)26)28-20(32)29-5-3-13(4-6-29)19-17(23)8-12(10-27-19)7-15(31)11-30/h1-3,8-10,15,30-31H,4-7,11H2,(H,28,32)/t15-/m1/s1. The highest BCUT2D eigenvalue weighted by Gasteiger charge is 2.32. The van der Waals surface area contributed by atoms with E-state index in [1.165, 1.54) is 17.0 Å². The Bertz CT molecular complexity index is 1050. The molecule has 12 heteroatoms. The Hall–Kier alpha value is -2.53. The molecule has 1 aromatic carbocycles. The molecule has 3 N–H and O–H groups in total. The maximum absolute atomic E-state index is 12.5. The van der Waals surface area contributed by atoms with Gasteiger partial charge < -0.3 is 25.2 Å². The number of benzene rings is 1. The van der Waals surface area contributed by atoms with Crippen LogP contribution >= 0.6 is 23.2 Å². The van der Waals surface area contributed by atoms with Gasteiger partial charge in [-0.2, -0.15) is 0 Å². The number of halogens is 5. The molecule has 0 fully saturated rings. The third-order valence-corrected chi connectivity index (χ3v) is 5.37. The van der Waals surface area contributed by atoms with Gasteiger partial charge in [0, 0.05) is 31.4 Å². The average molecular weight is 506 g/mol. The van der Waals surface area contributed by atoms with Crippen molar-refractivity contribution in [2.24, 2.45) is 0 Å². The lowest BCUT2D eigenvalue weighted by Crippen LogP contribution is -2.38. The zero-order valence-corrected chi connectivity index (χ0v) is 18.6. The molecule has 178 valence electrons. The number of nitrogens with one attached hydrogen (secondary N) is 1. The molecular formula is C21H20Cl2F3N3O4. The summed E-state index contributed by atoms with van der Waals surface area (Å²) in [6, 6.07) is 4.69. The number of alkyl halides is 3. The summed E-state index contributed by atoms with van der Waals surface area (Å²) in [4.78, 5) is 18.4. The van der Waals surface area contributed by atoms with Gasteiger partial charge in [0.1, 0.15) is 5.75 Å². The van der Waals surface area contributed by atoms with Crippen LogP contribution in [0.25, 0.3) is 5.57 Å². The molecule has 0 aliphatic carbocycles. The molecule has 0 unspecified atom stereocenters. The molecule has 33 heavy (non-hydrogen) atoms. The number of pyridine rings is 1. The highest BCUT2D eigenvalue weighted by atomic mass is 35.5. The lowest BCUT2D eigenvalue weighted by molar-refractivity contribution is -0.274. The average Bonchev–Trinajstić information content (AvgIpc) is 2.75. The van der Waals surface area contributed by atoms with Crippen LogP contribution in [0.3, 0.4) is 0 Å². The molecular weight excluding hydrogens is 486 g/mol. The Morgan fingerprint density at radius 1 is 1.27 bits per heavy atom. The van der Waals surface area contributed by atoms with Crippen molar-refractivity contribution in [2.45, 2.75) is 25.3 Å². The molecule has 2 aromatic rings. The molecule has 3 rings (SSSR count). The van der Waals surface area contributed by atoms with Gasteiger partial charge in [0.05, 0.1) is 28.5 Å². The molecule has 2 heterocycles. The Labute approximate surface area is 197 Å². The van der Waals surface area contributed by atoms with Gasteiger partial charge in [-0.25, -0.2) is 4.79 Å². The molecule has 1 atom stereocenters. The maximum atomic E-state index is 12.5. The van der Waals surface area contributed by atoms with Crippen LogP contribution in [0.1, 0.15) is 17.7 Å². The van der Waals surface area contributed by atoms with E-state index in [0.29, 0.717) is 29.2 Å². The van der Waals surface area contributed by atoms with Crippen LogP contribution in [-0.2, 0) is 6.42 Å². The van der Waals surface area contributed by atoms with Crippen LogP contribution < -0.4 is 10.1 Å². The molecule has 2 amide bonds. The molecule has 0 saturated carbocycles. The Kier molecular flexibility index (Phi) is 8.06. The van der Waals surface area contributed by atoms with Crippen molar-refractivity contribution in [3.63, 3.8) is 0 Å². The SMILES string of the molecule is O=C(Nc1ccc(OC(F)(F)F)c(Cl)c1)N1CC=C(c2ncc(C[C@@H](O)CO)cc2Cl)CC1. The molecule has 0 saturated heterocycles. The number of rotatable bonds is 6. The minimum Gasteiger partial charge on any atom is -0.404 e. The monoisotopic (exact) mass is 505 g/mol. The second kappa shape index (κ2) is 10.6. The normalized spacial score (nSPS) is 15.1. The summed E-state index contributed by atoms with van der Waals surface area (Å²) >= 11 is 12.1. The number of urea groups is 1. The van der Waals surface area contributed by atoms with Gasteiger partial charge in [-0.3, -0.25) is 4.98 Å². The topological polar surface area (TPSA) is 94.9 Å². The number of anilines is 1. The third kappa shape index (κ3) is 6.97. The summed E-state index contributed by atoms with van der Waals surface area (Å²) in [5.74, 6) is -0.561. The Balaban J connectivity index is 1.61. The van der Waals surface area contributed by atoms with E-state index in [-0.39, 0.29) is 30.3 Å². The Morgan fingerprint density at radius 2 is 2.03 bits per heavy atom. The van der Waals surface area contributed by atoms with Gasteiger partial charge >= 0.3 is 12.4 Å². The molecule has 7 nitrogen and oxygen atoms in total. The van der Waals surface area contributed by atoms with E-state index in [1.807, 2.05) is 6.08 Å². The number of hydrogen-bond donors (Lipinski definition) is 3. The van der Waals surface area contributed by atoms with Crippen LogP contribution in [0.2, 0.25) is 10.0 Å². The summed E-state index contributed by atoms with van der Waals surface area (Å²) in [6.45, 7) is 0.275. The second-order valence-electron chi connectivity index (χ2n) is 7.26. The van der Waals surface area contributed by atoms with Gasteiger partial charge in [-0.1, -0.05) is 29.3 Å². The van der Waals surface area contributed by atoms with Crippen molar-refractivity contribution in [1.29, 1.82) is 0 Å². The largest absolute Gasteiger partial charge is 0.573 e. The molecule has 1 aliphatic heterocycles. The minimum atomic E-state index is -4.87. The summed E-state index contributed by atoms with van der Waals surface area (Å²) in [6.07, 6.45) is -1.66. The van der Waals surface area contributed by atoms with E-state index >= 15 is 0 Å². The fourth-order valence-electron chi connectivity index (χ4n) is 3.22. The van der Waals surface area contributed by atoms with Crippen LogP contribution in [0, 0.1) is 0 Å². The number of ether oxygens (including phenoxy) is 1. The number of amides is 2. The van der Waals surface area contributed by atoms with Crippen molar-refractivity contribution in [3.8, 4) is 5.75 Å². The summed E-state index contributed by atoms with van der Waals surface area (Å²) in [5.41, 5.74) is 2.34. The van der Waals surface area contributed by atoms with Gasteiger partial charge in [0.25, 0.3) is 0 Å². The first-order valence-electron chi connectivity index (χ1n) is 9.79. The first-order valence-corrected chi connectivity index (χ1v) is 10.6. The van der Waals surface area contributed by atoms with E-state index in [9.17, 15) is 23.1 Å². The summed E-state index contributed by atoms with van der Waals surface area (Å²) in [7, 11) is 0. The quantitative estimate of drug-likeness (QED) is 0.537. The van der Waals surface area contributed by atoms with Crippen molar-refractivity contribution < 1.29 is 32.9 Å². The first kappa shape index (κ1) is 25.1. The minimum absolute atomic E-state index is 0.222. The van der Waals surface area contributed by atoms with Crippen molar-refractivity contribution in [3.05, 3.63) is 57.8 Å². The van der Waals surface area contributed by atoms with E-state index in [1.54, 1.807) is 12.3 Å². The number of hydrogen-bond acceptors (Lipinski definition) is 5. The first-order chi connectivity index (χ1) is 15.6. The van der Waals surface area contributed by atoms with E-state index in [0.717, 1.165) is 11.6 Å². The Morgan fingerprint density at radius 3 is 2.61 bits per heavy atom. The van der Waals surface area contributed by atoms with E-state index in [4.69, 9.17) is 28.3 Å². The van der Waals surface area contributed by atoms with Crippen LogP contribution in [0.5, 0.6) is 5.75 Å². The predicted octanol–water partition coefficient (Wildman–Crippen LogP) is 4.50. The smallest absolute Gasteiger partial charge is 0.404 e. The number of carbonyl (C=O) groups excluding carboxylic acids is 1. The second-order valence-corrected chi connectivity index (χ2v) is 8.08. The van der Waals surface area contributed by atoms with Gasteiger partial charge in [0.15, 0.2) is 0 Å². The summed E-state index contributed by atoms with van der Waals surface area (Å²) in [5, 5.41) is 21.2. The zero-order valence-electron chi connectivity index (χ0n) is 17.1. The highest BCUT2D eigenvalue weighted by Crippen LogP contribution is 2.32. The van der Waals surface area contributed by atoms with Crippen molar-refractivity contribution >= 4 is 40.5 Å². The number of aromatic nitrogens is 1. The van der Waals surface area contributed by atoms with Gasteiger partial charge in [0.2, 0.25) is 0 Å². The highest BCUT2D eigenvalue weighted by molar-refractivity contribution is 6.32. The lowest BCUT2D eigenvalue weighted by Gasteiger charge is -2.27. The van der Waals surface area contributed by atoms with Crippen LogP contribution in [-0.4, -0.2) is 58.3 Å². The van der Waals surface area contributed by atoms with Crippen LogP contribution in [0.4, 0.5) is 23.7 Å². The lowest BCUT2D eigenvalue weighted by atomic mass is 10.0. The molecule has 0 bridgehead atoms. The van der Waals surface area contributed by atoms with Gasteiger partial charge in [-0.15, -0.1) is 13.2 Å². The maximum Gasteiger partial charge on any atom is 0.573 e. The molecule has 0 spiro atoms. The summed E-state index contributed by atoms with van der Waals surface area (Å²) < 4.78 is 40.8. The number of nitrogens with zero attached hydrogens (tertiary/aromatic N) is 2. The number of aliphatic hydroxyl groups is 2. The third-order valence-electron chi connectivity index (χ3n) is 4.79. The molecule has 1 aromatic heterocycles. The number of carbonyl (C=O) groups is 1. The van der Waals surface area contributed by atoms with Gasteiger partial charge in [-0.05, 0) is 41.8 Å².